The van der Waals surface area contributed by atoms with Gasteiger partial charge in [-0.05, 0) is 49.4 Å². The molecule has 7 nitrogen and oxygen atoms in total. The Morgan fingerprint density at radius 1 is 1.12 bits per heavy atom. The highest BCUT2D eigenvalue weighted by Crippen LogP contribution is 2.26. The number of rotatable bonds is 6. The molecule has 4 aromatic rings. The second-order valence-corrected chi connectivity index (χ2v) is 7.97. The average Bonchev–Trinajstić information content (AvgIpc) is 3.41. The van der Waals surface area contributed by atoms with Gasteiger partial charge in [-0.1, -0.05) is 29.5 Å². The Morgan fingerprint density at radius 3 is 2.55 bits per heavy atom. The molecule has 0 atom stereocenters. The number of hydrogen-bond donors (Lipinski definition) is 1. The van der Waals surface area contributed by atoms with Crippen LogP contribution in [0.15, 0.2) is 66.9 Å². The van der Waals surface area contributed by atoms with Gasteiger partial charge in [0.25, 0.3) is 0 Å². The van der Waals surface area contributed by atoms with Crippen molar-refractivity contribution in [3.05, 3.63) is 88.8 Å². The van der Waals surface area contributed by atoms with Gasteiger partial charge in [-0.3, -0.25) is 10.1 Å². The summed E-state index contributed by atoms with van der Waals surface area (Å²) < 4.78 is 19.8. The zero-order valence-corrected chi connectivity index (χ0v) is 18.6. The molecule has 4 rings (SSSR count). The van der Waals surface area contributed by atoms with Crippen molar-refractivity contribution in [2.24, 2.45) is 0 Å². The van der Waals surface area contributed by atoms with Crippen LogP contribution in [0.25, 0.3) is 23.0 Å². The minimum atomic E-state index is -0.502. The summed E-state index contributed by atoms with van der Waals surface area (Å²) in [6.07, 6.45) is 4.77. The quantitative estimate of drug-likeness (QED) is 0.326. The molecule has 9 heteroatoms. The summed E-state index contributed by atoms with van der Waals surface area (Å²) in [4.78, 5) is 28.8. The number of benzene rings is 2. The van der Waals surface area contributed by atoms with Gasteiger partial charge in [-0.15, -0.1) is 0 Å². The molecule has 0 radical (unpaired) electrons. The molecule has 0 saturated carbocycles. The SMILES string of the molecule is COC(=O)c1sc(NC(=O)/C=C/c2cn(-c3ccccc3)nc2-c2ccc(F)cc2)nc1C. The van der Waals surface area contributed by atoms with Crippen LogP contribution in [-0.4, -0.2) is 33.8 Å². The van der Waals surface area contributed by atoms with E-state index in [1.807, 2.05) is 30.3 Å². The first kappa shape index (κ1) is 22.1. The van der Waals surface area contributed by atoms with Crippen molar-refractivity contribution >= 4 is 34.4 Å². The van der Waals surface area contributed by atoms with Crippen LogP contribution in [0.4, 0.5) is 9.52 Å². The van der Waals surface area contributed by atoms with Gasteiger partial charge in [0.15, 0.2) is 5.13 Å². The molecule has 0 fully saturated rings. The fourth-order valence-corrected chi connectivity index (χ4v) is 3.99. The van der Waals surface area contributed by atoms with Crippen LogP contribution >= 0.6 is 11.3 Å². The largest absolute Gasteiger partial charge is 0.465 e. The minimum absolute atomic E-state index is 0.293. The number of thiazole rings is 1. The lowest BCUT2D eigenvalue weighted by Crippen LogP contribution is -2.07. The van der Waals surface area contributed by atoms with Crippen molar-refractivity contribution in [1.29, 1.82) is 0 Å². The Balaban J connectivity index is 1.61. The molecule has 0 bridgehead atoms. The van der Waals surface area contributed by atoms with E-state index in [9.17, 15) is 14.0 Å². The first-order valence-electron chi connectivity index (χ1n) is 9.90. The van der Waals surface area contributed by atoms with Gasteiger partial charge in [0, 0.05) is 23.4 Å². The van der Waals surface area contributed by atoms with E-state index in [1.54, 1.807) is 36.0 Å². The maximum atomic E-state index is 13.4. The molecule has 33 heavy (non-hydrogen) atoms. The number of halogens is 1. The maximum absolute atomic E-state index is 13.4. The molecule has 0 unspecified atom stereocenters. The maximum Gasteiger partial charge on any atom is 0.350 e. The van der Waals surface area contributed by atoms with E-state index < -0.39 is 11.9 Å². The standard InChI is InChI=1S/C24H19FN4O3S/c1-15-22(23(31)32-2)33-24(26-15)27-20(30)13-10-17-14-29(19-6-4-3-5-7-19)28-21(17)16-8-11-18(25)12-9-16/h3-14H,1-2H3,(H,26,27,30)/b13-10+. The summed E-state index contributed by atoms with van der Waals surface area (Å²) >= 11 is 1.04. The van der Waals surface area contributed by atoms with Crippen molar-refractivity contribution in [2.75, 3.05) is 12.4 Å². The molecular weight excluding hydrogens is 443 g/mol. The molecule has 0 aliphatic rings. The highest BCUT2D eigenvalue weighted by Gasteiger charge is 2.16. The molecule has 1 N–H and O–H groups in total. The van der Waals surface area contributed by atoms with Crippen molar-refractivity contribution in [1.82, 2.24) is 14.8 Å². The Hall–Kier alpha value is -4.11. The molecule has 0 spiro atoms. The third-order valence-electron chi connectivity index (χ3n) is 4.69. The fraction of sp³-hybridized carbons (Fsp3) is 0.0833. The van der Waals surface area contributed by atoms with E-state index in [4.69, 9.17) is 4.74 Å². The second kappa shape index (κ2) is 9.58. The lowest BCUT2D eigenvalue weighted by molar-refractivity contribution is -0.111. The van der Waals surface area contributed by atoms with Gasteiger partial charge in [0.05, 0.1) is 24.2 Å². The lowest BCUT2D eigenvalue weighted by atomic mass is 10.1. The summed E-state index contributed by atoms with van der Waals surface area (Å²) in [5.41, 5.74) is 3.31. The first-order valence-corrected chi connectivity index (χ1v) is 10.7. The number of carbonyl (C=O) groups is 2. The average molecular weight is 463 g/mol. The van der Waals surface area contributed by atoms with Gasteiger partial charge in [-0.2, -0.15) is 5.10 Å². The van der Waals surface area contributed by atoms with Crippen LogP contribution in [0.3, 0.4) is 0 Å². The van der Waals surface area contributed by atoms with Gasteiger partial charge in [0.2, 0.25) is 5.91 Å². The summed E-state index contributed by atoms with van der Waals surface area (Å²) in [5, 5.41) is 7.58. The normalized spacial score (nSPS) is 11.0. The van der Waals surface area contributed by atoms with Crippen molar-refractivity contribution in [3.8, 4) is 16.9 Å². The molecule has 2 aromatic heterocycles. The molecule has 0 saturated heterocycles. The van der Waals surface area contributed by atoms with E-state index in [1.165, 1.54) is 25.3 Å². The van der Waals surface area contributed by atoms with Gasteiger partial charge in [0.1, 0.15) is 10.7 Å². The number of aromatic nitrogens is 3. The topological polar surface area (TPSA) is 86.1 Å². The number of nitrogens with one attached hydrogen (secondary N) is 1. The first-order chi connectivity index (χ1) is 15.9. The van der Waals surface area contributed by atoms with E-state index in [2.05, 4.69) is 15.4 Å². The molecular formula is C24H19FN4O3S. The Morgan fingerprint density at radius 2 is 1.85 bits per heavy atom. The van der Waals surface area contributed by atoms with Gasteiger partial charge < -0.3 is 4.74 Å². The zero-order valence-electron chi connectivity index (χ0n) is 17.8. The van der Waals surface area contributed by atoms with Crippen molar-refractivity contribution in [2.45, 2.75) is 6.92 Å². The van der Waals surface area contributed by atoms with E-state index >= 15 is 0 Å². The predicted octanol–water partition coefficient (Wildman–Crippen LogP) is 4.88. The number of nitrogens with zero attached hydrogens (tertiary/aromatic N) is 3. The number of hydrogen-bond acceptors (Lipinski definition) is 6. The number of para-hydroxylation sites is 1. The van der Waals surface area contributed by atoms with Gasteiger partial charge in [-0.25, -0.2) is 18.9 Å². The molecule has 0 aliphatic carbocycles. The summed E-state index contributed by atoms with van der Waals surface area (Å²) in [7, 11) is 1.29. The minimum Gasteiger partial charge on any atom is -0.465 e. The van der Waals surface area contributed by atoms with Crippen LogP contribution in [0, 0.1) is 12.7 Å². The number of carbonyl (C=O) groups excluding carboxylic acids is 2. The van der Waals surface area contributed by atoms with Crippen molar-refractivity contribution < 1.29 is 18.7 Å². The highest BCUT2D eigenvalue weighted by molar-refractivity contribution is 7.17. The van der Waals surface area contributed by atoms with Gasteiger partial charge >= 0.3 is 5.97 Å². The number of amides is 1. The third-order valence-corrected chi connectivity index (χ3v) is 5.75. The van der Waals surface area contributed by atoms with E-state index in [0.29, 0.717) is 32.5 Å². The number of ether oxygens (including phenoxy) is 1. The number of esters is 1. The molecule has 0 aliphatic heterocycles. The Labute approximate surface area is 193 Å². The zero-order chi connectivity index (χ0) is 23.4. The second-order valence-electron chi connectivity index (χ2n) is 6.97. The number of anilines is 1. The Bertz CT molecular complexity index is 1330. The molecule has 2 aromatic carbocycles. The summed E-state index contributed by atoms with van der Waals surface area (Å²) in [5.74, 6) is -1.27. The molecule has 1 amide bonds. The molecule has 2 heterocycles. The summed E-state index contributed by atoms with van der Waals surface area (Å²) in [6, 6.07) is 15.5. The van der Waals surface area contributed by atoms with E-state index in [0.717, 1.165) is 17.0 Å². The van der Waals surface area contributed by atoms with Crippen LogP contribution in [0.5, 0.6) is 0 Å². The number of methoxy groups -OCH3 is 1. The van der Waals surface area contributed by atoms with Crippen LogP contribution in [0.1, 0.15) is 20.9 Å². The monoisotopic (exact) mass is 462 g/mol. The van der Waals surface area contributed by atoms with Crippen molar-refractivity contribution in [3.63, 3.8) is 0 Å². The Kier molecular flexibility index (Phi) is 6.41. The summed E-state index contributed by atoms with van der Waals surface area (Å²) in [6.45, 7) is 1.67. The smallest absolute Gasteiger partial charge is 0.350 e. The van der Waals surface area contributed by atoms with Crippen LogP contribution in [0.2, 0.25) is 0 Å². The van der Waals surface area contributed by atoms with Crippen LogP contribution < -0.4 is 5.32 Å². The fourth-order valence-electron chi connectivity index (χ4n) is 3.10. The third kappa shape index (κ3) is 5.04. The molecule has 166 valence electrons. The predicted molar refractivity (Wildman–Crippen MR) is 125 cm³/mol. The van der Waals surface area contributed by atoms with Crippen LogP contribution in [-0.2, 0) is 9.53 Å². The number of aryl methyl sites for hydroxylation is 1. The highest BCUT2D eigenvalue weighted by atomic mass is 32.1. The van der Waals surface area contributed by atoms with E-state index in [-0.39, 0.29) is 5.82 Å². The lowest BCUT2D eigenvalue weighted by Gasteiger charge is -2.00.